The summed E-state index contributed by atoms with van der Waals surface area (Å²) in [6, 6.07) is 17.8. The number of aromatic hydroxyl groups is 1. The number of aryl methyl sites for hydroxylation is 1. The Morgan fingerprint density at radius 3 is 2.48 bits per heavy atom. The van der Waals surface area contributed by atoms with E-state index >= 15 is 0 Å². The van der Waals surface area contributed by atoms with Gasteiger partial charge < -0.3 is 21.5 Å². The van der Waals surface area contributed by atoms with Crippen molar-refractivity contribution in [3.8, 4) is 28.1 Å². The molecule has 5 N–H and O–H groups in total. The molecule has 0 spiro atoms. The minimum atomic E-state index is -0.280. The highest BCUT2D eigenvalue weighted by Gasteiger charge is 2.21. The minimum absolute atomic E-state index is 0.00930. The third-order valence-electron chi connectivity index (χ3n) is 5.94. The van der Waals surface area contributed by atoms with E-state index in [2.05, 4.69) is 22.3 Å². The molecule has 7 heteroatoms. The van der Waals surface area contributed by atoms with Crippen LogP contribution in [0.25, 0.3) is 28.1 Å². The van der Waals surface area contributed by atoms with Crippen molar-refractivity contribution in [2.45, 2.75) is 13.1 Å². The molecule has 0 bridgehead atoms. The van der Waals surface area contributed by atoms with E-state index in [9.17, 15) is 9.50 Å². The van der Waals surface area contributed by atoms with Gasteiger partial charge in [0, 0.05) is 31.3 Å². The van der Waals surface area contributed by atoms with Crippen LogP contribution in [0, 0.1) is 5.82 Å². The molecule has 0 saturated carbocycles. The van der Waals surface area contributed by atoms with Crippen LogP contribution in [0.4, 0.5) is 15.8 Å². The molecule has 1 aromatic heterocycles. The summed E-state index contributed by atoms with van der Waals surface area (Å²) < 4.78 is 15.7. The van der Waals surface area contributed by atoms with Gasteiger partial charge in [0.25, 0.3) is 0 Å². The summed E-state index contributed by atoms with van der Waals surface area (Å²) in [7, 11) is 1.75. The second kappa shape index (κ2) is 8.11. The second-order valence-corrected chi connectivity index (χ2v) is 8.14. The van der Waals surface area contributed by atoms with Gasteiger partial charge in [0.1, 0.15) is 17.2 Å². The first-order valence-corrected chi connectivity index (χ1v) is 10.6. The van der Waals surface area contributed by atoms with Gasteiger partial charge in [0.05, 0.1) is 17.1 Å². The fourth-order valence-corrected chi connectivity index (χ4v) is 4.25. The predicted octanol–water partition coefficient (Wildman–Crippen LogP) is 4.87. The summed E-state index contributed by atoms with van der Waals surface area (Å²) in [6.07, 6.45) is 0. The fourth-order valence-electron chi connectivity index (χ4n) is 4.25. The Kier molecular flexibility index (Phi) is 5.11. The fraction of sp³-hybridized carbons (Fsp3) is 0.115. The van der Waals surface area contributed by atoms with Crippen molar-refractivity contribution in [2.24, 2.45) is 7.05 Å². The highest BCUT2D eigenvalue weighted by molar-refractivity contribution is 5.85. The quantitative estimate of drug-likeness (QED) is 0.332. The van der Waals surface area contributed by atoms with Crippen molar-refractivity contribution in [1.29, 1.82) is 0 Å². The number of aromatic nitrogens is 2. The van der Waals surface area contributed by atoms with Crippen LogP contribution >= 0.6 is 0 Å². The Morgan fingerprint density at radius 2 is 1.76 bits per heavy atom. The first-order chi connectivity index (χ1) is 15.9. The zero-order valence-corrected chi connectivity index (χ0v) is 18.2. The zero-order chi connectivity index (χ0) is 23.1. The van der Waals surface area contributed by atoms with Crippen LogP contribution in [-0.2, 0) is 20.1 Å². The Labute approximate surface area is 191 Å². The number of nitrogens with zero attached hydrogens (tertiary/aromatic N) is 2. The van der Waals surface area contributed by atoms with E-state index in [1.54, 1.807) is 29.9 Å². The number of nitrogen functional groups attached to an aromatic ring is 1. The Hall–Kier alpha value is -4.10. The van der Waals surface area contributed by atoms with Gasteiger partial charge in [0.15, 0.2) is 5.75 Å². The predicted molar refractivity (Wildman–Crippen MR) is 130 cm³/mol. The SMILES string of the molecule is C=C(Nc1cc2c(cc1N)CNC2)c1c(O)c(-c2ccc(-c3ccccc3F)cc2)nn1C. The van der Waals surface area contributed by atoms with Crippen LogP contribution in [0.3, 0.4) is 0 Å². The molecule has 1 aliphatic heterocycles. The van der Waals surface area contributed by atoms with E-state index in [-0.39, 0.29) is 11.6 Å². The molecule has 6 nitrogen and oxygen atoms in total. The average Bonchev–Trinajstić information content (AvgIpc) is 3.37. The van der Waals surface area contributed by atoms with E-state index in [0.29, 0.717) is 33.9 Å². The molecule has 0 atom stereocenters. The topological polar surface area (TPSA) is 88.1 Å². The first-order valence-electron chi connectivity index (χ1n) is 10.6. The molecule has 5 rings (SSSR count). The van der Waals surface area contributed by atoms with Gasteiger partial charge in [0.2, 0.25) is 0 Å². The summed E-state index contributed by atoms with van der Waals surface area (Å²) in [4.78, 5) is 0. The normalized spacial score (nSPS) is 12.5. The van der Waals surface area contributed by atoms with Gasteiger partial charge in [-0.25, -0.2) is 4.39 Å². The molecule has 0 aliphatic carbocycles. The lowest BCUT2D eigenvalue weighted by Crippen LogP contribution is -2.06. The number of fused-ring (bicyclic) bond motifs is 1. The van der Waals surface area contributed by atoms with Crippen molar-refractivity contribution in [1.82, 2.24) is 15.1 Å². The maximum absolute atomic E-state index is 14.1. The molecule has 1 aliphatic rings. The van der Waals surface area contributed by atoms with Gasteiger partial charge in [-0.3, -0.25) is 4.68 Å². The third-order valence-corrected chi connectivity index (χ3v) is 5.94. The maximum atomic E-state index is 14.1. The van der Waals surface area contributed by atoms with Crippen LogP contribution in [-0.4, -0.2) is 14.9 Å². The number of rotatable bonds is 5. The highest BCUT2D eigenvalue weighted by Crippen LogP contribution is 2.37. The van der Waals surface area contributed by atoms with Gasteiger partial charge in [-0.1, -0.05) is 49.0 Å². The summed E-state index contributed by atoms with van der Waals surface area (Å²) in [5.74, 6) is -0.271. The molecule has 0 fully saturated rings. The van der Waals surface area contributed by atoms with Gasteiger partial charge in [-0.2, -0.15) is 5.10 Å². The number of hydrogen-bond acceptors (Lipinski definition) is 5. The Morgan fingerprint density at radius 1 is 1.09 bits per heavy atom. The van der Waals surface area contributed by atoms with Gasteiger partial charge in [-0.05, 0) is 34.9 Å². The summed E-state index contributed by atoms with van der Waals surface area (Å²) in [5.41, 5.74) is 13.3. The van der Waals surface area contributed by atoms with Gasteiger partial charge in [-0.15, -0.1) is 0 Å². The number of hydrogen-bond donors (Lipinski definition) is 4. The second-order valence-electron chi connectivity index (χ2n) is 8.14. The van der Waals surface area contributed by atoms with Crippen LogP contribution < -0.4 is 16.4 Å². The maximum Gasteiger partial charge on any atom is 0.171 e. The first kappa shape index (κ1) is 20.8. The Balaban J connectivity index is 1.43. The van der Waals surface area contributed by atoms with Crippen LogP contribution in [0.5, 0.6) is 5.75 Å². The molecule has 2 heterocycles. The van der Waals surface area contributed by atoms with Crippen molar-refractivity contribution in [3.63, 3.8) is 0 Å². The smallest absolute Gasteiger partial charge is 0.171 e. The number of halogens is 1. The van der Waals surface area contributed by atoms with Crippen LogP contribution in [0.2, 0.25) is 0 Å². The number of nitrogens with two attached hydrogens (primary N) is 1. The van der Waals surface area contributed by atoms with E-state index in [0.717, 1.165) is 24.3 Å². The monoisotopic (exact) mass is 441 g/mol. The average molecular weight is 442 g/mol. The highest BCUT2D eigenvalue weighted by atomic mass is 19.1. The van der Waals surface area contributed by atoms with Crippen molar-refractivity contribution in [2.75, 3.05) is 11.1 Å². The largest absolute Gasteiger partial charge is 0.504 e. The van der Waals surface area contributed by atoms with Gasteiger partial charge >= 0.3 is 0 Å². The number of benzene rings is 3. The van der Waals surface area contributed by atoms with E-state index in [4.69, 9.17) is 5.73 Å². The third kappa shape index (κ3) is 3.72. The molecule has 4 aromatic rings. The van der Waals surface area contributed by atoms with E-state index in [1.807, 2.05) is 36.4 Å². The van der Waals surface area contributed by atoms with Crippen LogP contribution in [0.1, 0.15) is 16.8 Å². The number of anilines is 2. The van der Waals surface area contributed by atoms with E-state index in [1.165, 1.54) is 17.2 Å². The summed E-state index contributed by atoms with van der Waals surface area (Å²) >= 11 is 0. The lowest BCUT2D eigenvalue weighted by Gasteiger charge is -2.14. The standard InChI is InChI=1S/C26H24FN5O/c1-15(30-23-12-19-14-29-13-18(19)11-22(23)28)25-26(33)24(31-32(25)2)17-9-7-16(8-10-17)20-5-3-4-6-21(20)27/h3-12,29-30,33H,1,13-14,28H2,2H3. The van der Waals surface area contributed by atoms with Crippen molar-refractivity contribution in [3.05, 3.63) is 89.9 Å². The molecular weight excluding hydrogens is 417 g/mol. The van der Waals surface area contributed by atoms with Crippen LogP contribution in [0.15, 0.2) is 67.2 Å². The lowest BCUT2D eigenvalue weighted by atomic mass is 10.0. The molecule has 33 heavy (non-hydrogen) atoms. The Bertz CT molecular complexity index is 1370. The zero-order valence-electron chi connectivity index (χ0n) is 18.2. The van der Waals surface area contributed by atoms with E-state index < -0.39 is 0 Å². The summed E-state index contributed by atoms with van der Waals surface area (Å²) in [6.45, 7) is 5.70. The molecule has 0 amide bonds. The van der Waals surface area contributed by atoms with Crippen molar-refractivity contribution >= 4 is 17.1 Å². The summed E-state index contributed by atoms with van der Waals surface area (Å²) in [5, 5.41) is 22.0. The molecule has 0 unspecified atom stereocenters. The van der Waals surface area contributed by atoms with Crippen molar-refractivity contribution < 1.29 is 9.50 Å². The molecule has 0 saturated heterocycles. The minimum Gasteiger partial charge on any atom is -0.504 e. The molecule has 166 valence electrons. The molecule has 3 aromatic carbocycles. The molecule has 0 radical (unpaired) electrons. The molecular formula is C26H24FN5O. The number of nitrogens with one attached hydrogen (secondary N) is 2. The lowest BCUT2D eigenvalue weighted by molar-refractivity contribution is 0.474.